The lowest BCUT2D eigenvalue weighted by Gasteiger charge is -2.19. The molecule has 1 N–H and O–H groups in total. The van der Waals surface area contributed by atoms with Crippen molar-refractivity contribution >= 4 is 11.6 Å². The Bertz CT molecular complexity index is 589. The maximum absolute atomic E-state index is 6.35. The molecule has 0 saturated carbocycles. The van der Waals surface area contributed by atoms with Crippen molar-refractivity contribution in [1.82, 2.24) is 15.1 Å². The third kappa shape index (κ3) is 3.22. The van der Waals surface area contributed by atoms with Crippen LogP contribution in [-0.4, -0.2) is 16.3 Å². The molecule has 0 amide bonds. The molecule has 2 rings (SSSR count). The number of benzene rings is 1. The van der Waals surface area contributed by atoms with E-state index in [4.69, 9.17) is 11.6 Å². The van der Waals surface area contributed by atoms with Crippen molar-refractivity contribution < 1.29 is 0 Å². The first-order valence-electron chi connectivity index (χ1n) is 7.00. The van der Waals surface area contributed by atoms with Crippen LogP contribution in [0.25, 0.3) is 0 Å². The number of aryl methyl sites for hydroxylation is 3. The first-order valence-corrected chi connectivity index (χ1v) is 7.38. The molecule has 0 aliphatic heterocycles. The largest absolute Gasteiger partial charge is 0.310 e. The first-order chi connectivity index (χ1) is 9.52. The summed E-state index contributed by atoms with van der Waals surface area (Å²) < 4.78 is 1.74. The maximum Gasteiger partial charge on any atom is 0.130 e. The molecule has 0 saturated heterocycles. The van der Waals surface area contributed by atoms with Gasteiger partial charge in [0.15, 0.2) is 0 Å². The van der Waals surface area contributed by atoms with Gasteiger partial charge in [0.25, 0.3) is 0 Å². The predicted molar refractivity (Wildman–Crippen MR) is 84.3 cm³/mol. The number of halogens is 1. The standard InChI is InChI=1S/C16H22ClN3/c1-5-18-15(13-8-6-7-11(2)9-13)10-14-12(3)19-20(4)16(14)17/h6-9,15,18H,5,10H2,1-4H3. The Morgan fingerprint density at radius 1 is 1.35 bits per heavy atom. The number of aromatic nitrogens is 2. The highest BCUT2D eigenvalue weighted by molar-refractivity contribution is 6.30. The Morgan fingerprint density at radius 2 is 2.10 bits per heavy atom. The van der Waals surface area contributed by atoms with Gasteiger partial charge in [-0.2, -0.15) is 5.10 Å². The average molecular weight is 292 g/mol. The van der Waals surface area contributed by atoms with Gasteiger partial charge in [-0.15, -0.1) is 0 Å². The predicted octanol–water partition coefficient (Wildman–Crippen LogP) is 3.58. The molecule has 1 atom stereocenters. The highest BCUT2D eigenvalue weighted by atomic mass is 35.5. The normalized spacial score (nSPS) is 12.7. The molecule has 4 heteroatoms. The average Bonchev–Trinajstić information content (AvgIpc) is 2.64. The fourth-order valence-corrected chi connectivity index (χ4v) is 2.80. The Labute approximate surface area is 126 Å². The van der Waals surface area contributed by atoms with Crippen LogP contribution in [0.4, 0.5) is 0 Å². The molecule has 0 fully saturated rings. The third-order valence-corrected chi connectivity index (χ3v) is 4.05. The summed E-state index contributed by atoms with van der Waals surface area (Å²) in [5, 5.41) is 8.67. The van der Waals surface area contributed by atoms with Crippen molar-refractivity contribution in [3.8, 4) is 0 Å². The number of hydrogen-bond donors (Lipinski definition) is 1. The summed E-state index contributed by atoms with van der Waals surface area (Å²) in [7, 11) is 1.88. The molecule has 108 valence electrons. The molecule has 0 aliphatic rings. The Kier molecular flexibility index (Phi) is 4.84. The van der Waals surface area contributed by atoms with E-state index in [1.54, 1.807) is 4.68 Å². The van der Waals surface area contributed by atoms with Crippen LogP contribution in [0, 0.1) is 13.8 Å². The lowest BCUT2D eigenvalue weighted by atomic mass is 9.98. The van der Waals surface area contributed by atoms with Gasteiger partial charge in [0.1, 0.15) is 5.15 Å². The summed E-state index contributed by atoms with van der Waals surface area (Å²) >= 11 is 6.35. The molecule has 0 aliphatic carbocycles. The van der Waals surface area contributed by atoms with Gasteiger partial charge >= 0.3 is 0 Å². The molecular formula is C16H22ClN3. The van der Waals surface area contributed by atoms with Crippen LogP contribution in [-0.2, 0) is 13.5 Å². The minimum absolute atomic E-state index is 0.264. The second-order valence-corrected chi connectivity index (χ2v) is 5.56. The molecule has 1 aromatic heterocycles. The van der Waals surface area contributed by atoms with Crippen LogP contribution in [0.2, 0.25) is 5.15 Å². The Hall–Kier alpha value is -1.32. The van der Waals surface area contributed by atoms with E-state index >= 15 is 0 Å². The second kappa shape index (κ2) is 6.42. The topological polar surface area (TPSA) is 29.9 Å². The highest BCUT2D eigenvalue weighted by Gasteiger charge is 2.18. The second-order valence-electron chi connectivity index (χ2n) is 5.21. The summed E-state index contributed by atoms with van der Waals surface area (Å²) in [5.74, 6) is 0. The molecule has 1 unspecified atom stereocenters. The van der Waals surface area contributed by atoms with Crippen molar-refractivity contribution in [2.24, 2.45) is 7.05 Å². The van der Waals surface area contributed by atoms with Crippen molar-refractivity contribution in [1.29, 1.82) is 0 Å². The van der Waals surface area contributed by atoms with E-state index in [0.29, 0.717) is 0 Å². The van der Waals surface area contributed by atoms with Crippen LogP contribution in [0.3, 0.4) is 0 Å². The van der Waals surface area contributed by atoms with E-state index in [-0.39, 0.29) is 6.04 Å². The molecule has 0 radical (unpaired) electrons. The zero-order valence-electron chi connectivity index (χ0n) is 12.6. The van der Waals surface area contributed by atoms with Crippen LogP contribution < -0.4 is 5.32 Å². The molecule has 0 spiro atoms. The van der Waals surface area contributed by atoms with E-state index in [9.17, 15) is 0 Å². The highest BCUT2D eigenvalue weighted by Crippen LogP contribution is 2.26. The number of hydrogen-bond acceptors (Lipinski definition) is 2. The summed E-state index contributed by atoms with van der Waals surface area (Å²) in [5.41, 5.74) is 4.71. The molecule has 2 aromatic rings. The van der Waals surface area contributed by atoms with Crippen molar-refractivity contribution in [3.63, 3.8) is 0 Å². The fourth-order valence-electron chi connectivity index (χ4n) is 2.55. The number of rotatable bonds is 5. The van der Waals surface area contributed by atoms with Gasteiger partial charge in [0, 0.05) is 18.7 Å². The van der Waals surface area contributed by atoms with Crippen LogP contribution in [0.5, 0.6) is 0 Å². The van der Waals surface area contributed by atoms with Gasteiger partial charge in [-0.1, -0.05) is 48.4 Å². The van der Waals surface area contributed by atoms with Crippen molar-refractivity contribution in [2.75, 3.05) is 6.54 Å². The quantitative estimate of drug-likeness (QED) is 0.912. The summed E-state index contributed by atoms with van der Waals surface area (Å²) in [4.78, 5) is 0. The molecule has 1 heterocycles. The van der Waals surface area contributed by atoms with Crippen LogP contribution >= 0.6 is 11.6 Å². The van der Waals surface area contributed by atoms with Gasteiger partial charge < -0.3 is 5.32 Å². The molecule has 1 aromatic carbocycles. The van der Waals surface area contributed by atoms with Gasteiger partial charge in [-0.25, -0.2) is 0 Å². The molecular weight excluding hydrogens is 270 g/mol. The fraction of sp³-hybridized carbons (Fsp3) is 0.438. The lowest BCUT2D eigenvalue weighted by molar-refractivity contribution is 0.548. The maximum atomic E-state index is 6.35. The summed E-state index contributed by atoms with van der Waals surface area (Å²) in [6.07, 6.45) is 0.857. The Morgan fingerprint density at radius 3 is 2.65 bits per heavy atom. The van der Waals surface area contributed by atoms with E-state index in [0.717, 1.165) is 29.4 Å². The SMILES string of the molecule is CCNC(Cc1c(C)nn(C)c1Cl)c1cccc(C)c1. The zero-order valence-corrected chi connectivity index (χ0v) is 13.3. The van der Waals surface area contributed by atoms with E-state index in [1.807, 2.05) is 14.0 Å². The van der Waals surface area contributed by atoms with Crippen LogP contribution in [0.1, 0.15) is 35.3 Å². The zero-order chi connectivity index (χ0) is 14.7. The van der Waals surface area contributed by atoms with Crippen molar-refractivity contribution in [3.05, 3.63) is 51.8 Å². The minimum Gasteiger partial charge on any atom is -0.310 e. The first kappa shape index (κ1) is 15.1. The van der Waals surface area contributed by atoms with Crippen molar-refractivity contribution in [2.45, 2.75) is 33.2 Å². The van der Waals surface area contributed by atoms with Gasteiger partial charge in [0.2, 0.25) is 0 Å². The molecule has 0 bridgehead atoms. The lowest BCUT2D eigenvalue weighted by Crippen LogP contribution is -2.23. The van der Waals surface area contributed by atoms with Crippen LogP contribution in [0.15, 0.2) is 24.3 Å². The monoisotopic (exact) mass is 291 g/mol. The molecule has 3 nitrogen and oxygen atoms in total. The number of nitrogens with zero attached hydrogens (tertiary/aromatic N) is 2. The summed E-state index contributed by atoms with van der Waals surface area (Å²) in [6.45, 7) is 7.19. The van der Waals surface area contributed by atoms with E-state index in [1.165, 1.54) is 11.1 Å². The minimum atomic E-state index is 0.264. The smallest absolute Gasteiger partial charge is 0.130 e. The van der Waals surface area contributed by atoms with Gasteiger partial charge in [-0.3, -0.25) is 4.68 Å². The Balaban J connectivity index is 2.30. The molecule has 20 heavy (non-hydrogen) atoms. The van der Waals surface area contributed by atoms with Gasteiger partial charge in [-0.05, 0) is 32.4 Å². The number of likely N-dealkylation sites (N-methyl/N-ethyl adjacent to an activating group) is 1. The summed E-state index contributed by atoms with van der Waals surface area (Å²) in [6, 6.07) is 8.88. The van der Waals surface area contributed by atoms with Gasteiger partial charge in [0.05, 0.1) is 5.69 Å². The van der Waals surface area contributed by atoms with E-state index < -0.39 is 0 Å². The van der Waals surface area contributed by atoms with E-state index in [2.05, 4.69) is 48.5 Å². The third-order valence-electron chi connectivity index (χ3n) is 3.57. The number of nitrogens with one attached hydrogen (secondary N) is 1.